The standard InChI is InChI=1S/C23H17F3N2O4S/c24-15-7-8-16(21(26)20(15)25)28-18(29)10-27-19(30)11-32-23(31)17-9-13-6-5-12-3-1-2-4-14(12)22(13)33-17/h1-4,7-9H,5-6,10-11H2,(H,27,30)(H,28,29). The summed E-state index contributed by atoms with van der Waals surface area (Å²) in [6.07, 6.45) is 1.69. The Morgan fingerprint density at radius 1 is 0.939 bits per heavy atom. The maximum Gasteiger partial charge on any atom is 0.348 e. The van der Waals surface area contributed by atoms with Crippen molar-refractivity contribution in [1.29, 1.82) is 0 Å². The molecule has 0 spiro atoms. The zero-order chi connectivity index (χ0) is 23.5. The van der Waals surface area contributed by atoms with Gasteiger partial charge in [-0.3, -0.25) is 9.59 Å². The Balaban J connectivity index is 1.28. The largest absolute Gasteiger partial charge is 0.451 e. The summed E-state index contributed by atoms with van der Waals surface area (Å²) in [4.78, 5) is 37.5. The summed E-state index contributed by atoms with van der Waals surface area (Å²) in [5, 5.41) is 4.22. The first kappa shape index (κ1) is 22.5. The molecule has 4 rings (SSSR count). The predicted octanol–water partition coefficient (Wildman–Crippen LogP) is 3.84. The van der Waals surface area contributed by atoms with Crippen molar-refractivity contribution >= 4 is 34.8 Å². The fourth-order valence-corrected chi connectivity index (χ4v) is 4.59. The second-order valence-electron chi connectivity index (χ2n) is 7.25. The number of thiophene rings is 1. The van der Waals surface area contributed by atoms with Crippen molar-refractivity contribution in [2.45, 2.75) is 12.8 Å². The number of halogens is 3. The highest BCUT2D eigenvalue weighted by Gasteiger charge is 2.22. The van der Waals surface area contributed by atoms with Gasteiger partial charge in [-0.15, -0.1) is 11.3 Å². The molecule has 2 N–H and O–H groups in total. The molecule has 10 heteroatoms. The topological polar surface area (TPSA) is 84.5 Å². The van der Waals surface area contributed by atoms with Gasteiger partial charge in [0, 0.05) is 4.88 Å². The fourth-order valence-electron chi connectivity index (χ4n) is 3.42. The molecule has 1 aliphatic rings. The van der Waals surface area contributed by atoms with Crippen LogP contribution in [0.2, 0.25) is 0 Å². The van der Waals surface area contributed by atoms with E-state index in [9.17, 15) is 27.6 Å². The van der Waals surface area contributed by atoms with Gasteiger partial charge in [0.2, 0.25) is 5.91 Å². The van der Waals surface area contributed by atoms with Crippen LogP contribution in [0.15, 0.2) is 42.5 Å². The van der Waals surface area contributed by atoms with Crippen molar-refractivity contribution in [1.82, 2.24) is 5.32 Å². The van der Waals surface area contributed by atoms with Gasteiger partial charge in [-0.25, -0.2) is 18.0 Å². The number of nitrogens with one attached hydrogen (secondary N) is 2. The molecule has 2 amide bonds. The van der Waals surface area contributed by atoms with E-state index in [1.54, 1.807) is 6.07 Å². The van der Waals surface area contributed by atoms with Crippen LogP contribution in [0.4, 0.5) is 18.9 Å². The number of hydrogen-bond donors (Lipinski definition) is 2. The van der Waals surface area contributed by atoms with Gasteiger partial charge >= 0.3 is 5.97 Å². The summed E-state index contributed by atoms with van der Waals surface area (Å²) in [5.74, 6) is -6.95. The lowest BCUT2D eigenvalue weighted by atomic mass is 9.91. The number of ether oxygens (including phenoxy) is 1. The Morgan fingerprint density at radius 3 is 2.52 bits per heavy atom. The van der Waals surface area contributed by atoms with Crippen LogP contribution in [0.1, 0.15) is 20.8 Å². The van der Waals surface area contributed by atoms with Crippen LogP contribution in [-0.4, -0.2) is 30.9 Å². The smallest absolute Gasteiger partial charge is 0.348 e. The Morgan fingerprint density at radius 2 is 1.70 bits per heavy atom. The van der Waals surface area contributed by atoms with Crippen molar-refractivity contribution in [2.75, 3.05) is 18.5 Å². The SMILES string of the molecule is O=C(COC(=O)c1cc2c(s1)-c1ccccc1CC2)NCC(=O)Nc1ccc(F)c(F)c1F. The summed E-state index contributed by atoms with van der Waals surface area (Å²) < 4.78 is 44.7. The predicted molar refractivity (Wildman–Crippen MR) is 115 cm³/mol. The van der Waals surface area contributed by atoms with E-state index in [-0.39, 0.29) is 0 Å². The lowest BCUT2D eigenvalue weighted by Crippen LogP contribution is -2.35. The first-order valence-corrected chi connectivity index (χ1v) is 10.7. The molecular weight excluding hydrogens is 457 g/mol. The highest BCUT2D eigenvalue weighted by molar-refractivity contribution is 7.17. The zero-order valence-corrected chi connectivity index (χ0v) is 17.9. The number of carbonyl (C=O) groups is 3. The van der Waals surface area contributed by atoms with Gasteiger partial charge in [-0.1, -0.05) is 24.3 Å². The van der Waals surface area contributed by atoms with Gasteiger partial charge < -0.3 is 15.4 Å². The van der Waals surface area contributed by atoms with Gasteiger partial charge in [0.25, 0.3) is 5.91 Å². The monoisotopic (exact) mass is 474 g/mol. The first-order chi connectivity index (χ1) is 15.8. The van der Waals surface area contributed by atoms with Crippen molar-refractivity contribution in [2.24, 2.45) is 0 Å². The minimum absolute atomic E-state index is 0.371. The number of carbonyl (C=O) groups excluding carboxylic acids is 3. The van der Waals surface area contributed by atoms with Gasteiger partial charge in [0.1, 0.15) is 4.88 Å². The molecule has 6 nitrogen and oxygen atoms in total. The summed E-state index contributed by atoms with van der Waals surface area (Å²) in [6.45, 7) is -1.20. The van der Waals surface area contributed by atoms with Crippen LogP contribution < -0.4 is 10.6 Å². The maximum atomic E-state index is 13.6. The molecule has 0 atom stereocenters. The van der Waals surface area contributed by atoms with Gasteiger partial charge in [0.15, 0.2) is 24.1 Å². The minimum atomic E-state index is -1.72. The highest BCUT2D eigenvalue weighted by Crippen LogP contribution is 2.39. The molecule has 0 unspecified atom stereocenters. The van der Waals surface area contributed by atoms with Crippen LogP contribution in [0.3, 0.4) is 0 Å². The molecular formula is C23H17F3N2O4S. The summed E-state index contributed by atoms with van der Waals surface area (Å²) in [5.41, 5.74) is 2.79. The lowest BCUT2D eigenvalue weighted by Gasteiger charge is -2.15. The molecule has 1 aliphatic carbocycles. The van der Waals surface area contributed by atoms with E-state index in [4.69, 9.17) is 4.74 Å². The third kappa shape index (κ3) is 4.90. The van der Waals surface area contributed by atoms with Crippen molar-refractivity contribution in [3.05, 3.63) is 75.9 Å². The Bertz CT molecular complexity index is 1260. The Kier molecular flexibility index (Phi) is 6.45. The number of hydrogen-bond acceptors (Lipinski definition) is 5. The number of benzene rings is 2. The summed E-state index contributed by atoms with van der Waals surface area (Å²) >= 11 is 1.30. The van der Waals surface area contributed by atoms with Crippen LogP contribution in [-0.2, 0) is 27.2 Å². The van der Waals surface area contributed by atoms with E-state index in [0.717, 1.165) is 34.9 Å². The second-order valence-corrected chi connectivity index (χ2v) is 8.30. The molecule has 1 aromatic heterocycles. The average Bonchev–Trinajstić information content (AvgIpc) is 3.27. The van der Waals surface area contributed by atoms with Crippen LogP contribution in [0.25, 0.3) is 10.4 Å². The van der Waals surface area contributed by atoms with E-state index >= 15 is 0 Å². The maximum absolute atomic E-state index is 13.6. The molecule has 0 saturated carbocycles. The van der Waals surface area contributed by atoms with Gasteiger partial charge in [-0.05, 0) is 47.7 Å². The lowest BCUT2D eigenvalue weighted by molar-refractivity contribution is -0.126. The van der Waals surface area contributed by atoms with Crippen LogP contribution in [0, 0.1) is 17.5 Å². The average molecular weight is 474 g/mol. The zero-order valence-electron chi connectivity index (χ0n) is 17.0. The second kappa shape index (κ2) is 9.45. The molecule has 0 fully saturated rings. The molecule has 0 aliphatic heterocycles. The Hall–Kier alpha value is -3.66. The van der Waals surface area contributed by atoms with Crippen molar-refractivity contribution < 1.29 is 32.3 Å². The van der Waals surface area contributed by atoms with E-state index in [2.05, 4.69) is 11.4 Å². The van der Waals surface area contributed by atoms with E-state index < -0.39 is 54.1 Å². The van der Waals surface area contributed by atoms with Crippen molar-refractivity contribution in [3.63, 3.8) is 0 Å². The van der Waals surface area contributed by atoms with Crippen molar-refractivity contribution in [3.8, 4) is 10.4 Å². The molecule has 0 saturated heterocycles. The summed E-state index contributed by atoms with van der Waals surface area (Å²) in [7, 11) is 0. The van der Waals surface area contributed by atoms with Crippen LogP contribution in [0.5, 0.6) is 0 Å². The highest BCUT2D eigenvalue weighted by atomic mass is 32.1. The molecule has 3 aromatic rings. The number of esters is 1. The molecule has 2 aromatic carbocycles. The number of rotatable bonds is 6. The number of amides is 2. The van der Waals surface area contributed by atoms with Gasteiger partial charge in [0.05, 0.1) is 12.2 Å². The normalized spacial score (nSPS) is 11.8. The number of fused-ring (bicyclic) bond motifs is 3. The third-order valence-electron chi connectivity index (χ3n) is 5.03. The molecule has 170 valence electrons. The quantitative estimate of drug-likeness (QED) is 0.420. The Labute approximate surface area is 190 Å². The molecule has 0 bridgehead atoms. The van der Waals surface area contributed by atoms with Gasteiger partial charge in [-0.2, -0.15) is 0 Å². The number of aryl methyl sites for hydroxylation is 2. The molecule has 33 heavy (non-hydrogen) atoms. The number of anilines is 1. The fraction of sp³-hybridized carbons (Fsp3) is 0.174. The van der Waals surface area contributed by atoms with E-state index in [1.165, 1.54) is 16.9 Å². The molecule has 1 heterocycles. The van der Waals surface area contributed by atoms with Crippen LogP contribution >= 0.6 is 11.3 Å². The minimum Gasteiger partial charge on any atom is -0.451 e. The van der Waals surface area contributed by atoms with E-state index in [0.29, 0.717) is 10.9 Å². The van der Waals surface area contributed by atoms with E-state index in [1.807, 2.05) is 23.5 Å². The third-order valence-corrected chi connectivity index (χ3v) is 6.22. The first-order valence-electron chi connectivity index (χ1n) is 9.91. The molecule has 0 radical (unpaired) electrons. The summed E-state index contributed by atoms with van der Waals surface area (Å²) in [6, 6.07) is 11.2.